The molecule has 1 aromatic rings. The van der Waals surface area contributed by atoms with Gasteiger partial charge in [0.15, 0.2) is 0 Å². The molecular weight excluding hydrogens is 376 g/mol. The largest absolute Gasteiger partial charge is 0.459 e. The van der Waals surface area contributed by atoms with Crippen molar-refractivity contribution < 1.29 is 9.53 Å². The van der Waals surface area contributed by atoms with Crippen LogP contribution in [0.1, 0.15) is 101 Å². The number of ether oxygens (including phenoxy) is 1. The normalized spacial score (nSPS) is 12.1. The molecule has 1 unspecified atom stereocenters. The Kier molecular flexibility index (Phi) is 12.8. The highest BCUT2D eigenvalue weighted by Crippen LogP contribution is 2.16. The molecule has 0 amide bonds. The molecule has 0 aliphatic rings. The third-order valence-electron chi connectivity index (χ3n) is 4.58. The van der Waals surface area contributed by atoms with Gasteiger partial charge in [0.2, 0.25) is 0 Å². The van der Waals surface area contributed by atoms with Crippen molar-refractivity contribution in [1.29, 1.82) is 0 Å². The third kappa shape index (κ3) is 11.4. The van der Waals surface area contributed by atoms with Crippen LogP contribution in [0.15, 0.2) is 28.7 Å². The van der Waals surface area contributed by atoms with Gasteiger partial charge in [0.1, 0.15) is 0 Å². The molecule has 0 fully saturated rings. The fraction of sp³-hybridized carbons (Fsp3) is 0.682. The van der Waals surface area contributed by atoms with Crippen molar-refractivity contribution in [3.05, 3.63) is 34.3 Å². The van der Waals surface area contributed by atoms with Gasteiger partial charge in [0.25, 0.3) is 0 Å². The number of halogens is 1. The van der Waals surface area contributed by atoms with Crippen molar-refractivity contribution in [1.82, 2.24) is 0 Å². The van der Waals surface area contributed by atoms with Crippen LogP contribution in [-0.2, 0) is 4.74 Å². The van der Waals surface area contributed by atoms with Crippen LogP contribution in [-0.4, -0.2) is 12.1 Å². The molecule has 0 N–H and O–H groups in total. The van der Waals surface area contributed by atoms with E-state index >= 15 is 0 Å². The molecule has 2 nitrogen and oxygen atoms in total. The van der Waals surface area contributed by atoms with Crippen molar-refractivity contribution >= 4 is 21.9 Å². The second-order valence-electron chi connectivity index (χ2n) is 7.05. The highest BCUT2D eigenvalue weighted by molar-refractivity contribution is 9.10. The lowest BCUT2D eigenvalue weighted by Crippen LogP contribution is -2.15. The molecule has 25 heavy (non-hydrogen) atoms. The molecule has 0 spiro atoms. The Hall–Kier alpha value is -0.830. The minimum absolute atomic E-state index is 0.00922. The molecule has 3 heteroatoms. The standard InChI is InChI=1S/C22H35BrO2/c1-3-4-5-6-7-8-9-10-11-12-13-15-19(2)25-22(24)20-16-14-17-21(23)18-20/h14,16-19H,3-13,15H2,1-2H3. The summed E-state index contributed by atoms with van der Waals surface area (Å²) < 4.78 is 6.43. The fourth-order valence-electron chi connectivity index (χ4n) is 3.02. The third-order valence-corrected chi connectivity index (χ3v) is 5.08. The number of carbonyl (C=O) groups excluding carboxylic acids is 1. The molecule has 0 aliphatic heterocycles. The van der Waals surface area contributed by atoms with Crippen LogP contribution in [0.25, 0.3) is 0 Å². The molecule has 1 rings (SSSR count). The first-order chi connectivity index (χ1) is 12.1. The highest BCUT2D eigenvalue weighted by atomic mass is 79.9. The molecule has 0 saturated carbocycles. The molecule has 0 radical (unpaired) electrons. The molecule has 142 valence electrons. The Balaban J connectivity index is 1.98. The molecule has 1 atom stereocenters. The van der Waals surface area contributed by atoms with Crippen molar-refractivity contribution in [3.63, 3.8) is 0 Å². The van der Waals surface area contributed by atoms with Crippen molar-refractivity contribution in [2.45, 2.75) is 97.0 Å². The summed E-state index contributed by atoms with van der Waals surface area (Å²) in [5, 5.41) is 0. The molecule has 0 bridgehead atoms. The van der Waals surface area contributed by atoms with E-state index in [-0.39, 0.29) is 12.1 Å². The summed E-state index contributed by atoms with van der Waals surface area (Å²) in [5.41, 5.74) is 0.611. The zero-order valence-electron chi connectivity index (χ0n) is 16.1. The van der Waals surface area contributed by atoms with Gasteiger partial charge in [-0.1, -0.05) is 93.1 Å². The Labute approximate surface area is 162 Å². The van der Waals surface area contributed by atoms with E-state index in [0.717, 1.165) is 17.3 Å². The average Bonchev–Trinajstić information content (AvgIpc) is 2.59. The minimum Gasteiger partial charge on any atom is -0.459 e. The van der Waals surface area contributed by atoms with E-state index in [4.69, 9.17) is 4.74 Å². The molecule has 0 saturated heterocycles. The van der Waals surface area contributed by atoms with Gasteiger partial charge in [-0.3, -0.25) is 0 Å². The first kappa shape index (κ1) is 22.2. The second kappa shape index (κ2) is 14.4. The van der Waals surface area contributed by atoms with Gasteiger partial charge >= 0.3 is 5.97 Å². The van der Waals surface area contributed by atoms with E-state index in [1.165, 1.54) is 64.2 Å². The van der Waals surface area contributed by atoms with E-state index in [1.807, 2.05) is 19.1 Å². The number of esters is 1. The lowest BCUT2D eigenvalue weighted by atomic mass is 10.0. The summed E-state index contributed by atoms with van der Waals surface area (Å²) >= 11 is 3.38. The number of rotatable bonds is 14. The monoisotopic (exact) mass is 410 g/mol. The summed E-state index contributed by atoms with van der Waals surface area (Å²) in [6, 6.07) is 7.36. The molecular formula is C22H35BrO2. The maximum atomic E-state index is 12.1. The maximum absolute atomic E-state index is 12.1. The van der Waals surface area contributed by atoms with Gasteiger partial charge in [-0.25, -0.2) is 4.79 Å². The zero-order valence-corrected chi connectivity index (χ0v) is 17.7. The first-order valence-electron chi connectivity index (χ1n) is 10.1. The van der Waals surface area contributed by atoms with Crippen molar-refractivity contribution in [2.75, 3.05) is 0 Å². The summed E-state index contributed by atoms with van der Waals surface area (Å²) in [6.07, 6.45) is 15.7. The van der Waals surface area contributed by atoms with E-state index in [9.17, 15) is 4.79 Å². The first-order valence-corrected chi connectivity index (χ1v) is 10.9. The summed E-state index contributed by atoms with van der Waals surface area (Å²) in [5.74, 6) is -0.225. The van der Waals surface area contributed by atoms with Gasteiger partial charge in [-0.2, -0.15) is 0 Å². The number of hydrogen-bond acceptors (Lipinski definition) is 2. The smallest absolute Gasteiger partial charge is 0.338 e. The van der Waals surface area contributed by atoms with Crippen LogP contribution in [0.4, 0.5) is 0 Å². The summed E-state index contributed by atoms with van der Waals surface area (Å²) in [4.78, 5) is 12.1. The fourth-order valence-corrected chi connectivity index (χ4v) is 3.42. The summed E-state index contributed by atoms with van der Waals surface area (Å²) in [6.45, 7) is 4.26. The average molecular weight is 411 g/mol. The Morgan fingerprint density at radius 1 is 0.960 bits per heavy atom. The molecule has 0 heterocycles. The van der Waals surface area contributed by atoms with Crippen LogP contribution in [0.5, 0.6) is 0 Å². The lowest BCUT2D eigenvalue weighted by Gasteiger charge is -2.13. The van der Waals surface area contributed by atoms with Gasteiger partial charge in [-0.15, -0.1) is 0 Å². The van der Waals surface area contributed by atoms with E-state index in [2.05, 4.69) is 22.9 Å². The minimum atomic E-state index is -0.225. The molecule has 0 aromatic heterocycles. The van der Waals surface area contributed by atoms with Crippen LogP contribution < -0.4 is 0 Å². The lowest BCUT2D eigenvalue weighted by molar-refractivity contribution is 0.0319. The van der Waals surface area contributed by atoms with E-state index in [0.29, 0.717) is 5.56 Å². The van der Waals surface area contributed by atoms with E-state index in [1.54, 1.807) is 12.1 Å². The Morgan fingerprint density at radius 3 is 2.08 bits per heavy atom. The van der Waals surface area contributed by atoms with Gasteiger partial charge in [0.05, 0.1) is 11.7 Å². The number of carbonyl (C=O) groups is 1. The van der Waals surface area contributed by atoms with Crippen LogP contribution in [0.2, 0.25) is 0 Å². The topological polar surface area (TPSA) is 26.3 Å². The predicted octanol–water partition coefficient (Wildman–Crippen LogP) is 7.70. The van der Waals surface area contributed by atoms with E-state index < -0.39 is 0 Å². The molecule has 1 aromatic carbocycles. The highest BCUT2D eigenvalue weighted by Gasteiger charge is 2.11. The quantitative estimate of drug-likeness (QED) is 0.232. The molecule has 0 aliphatic carbocycles. The Bertz CT molecular complexity index is 473. The van der Waals surface area contributed by atoms with Gasteiger partial charge in [-0.05, 0) is 38.0 Å². The van der Waals surface area contributed by atoms with Gasteiger partial charge < -0.3 is 4.74 Å². The summed E-state index contributed by atoms with van der Waals surface area (Å²) in [7, 11) is 0. The number of hydrogen-bond donors (Lipinski definition) is 0. The van der Waals surface area contributed by atoms with Crippen LogP contribution in [0, 0.1) is 0 Å². The second-order valence-corrected chi connectivity index (χ2v) is 7.97. The van der Waals surface area contributed by atoms with Crippen molar-refractivity contribution in [3.8, 4) is 0 Å². The van der Waals surface area contributed by atoms with Gasteiger partial charge in [0, 0.05) is 4.47 Å². The predicted molar refractivity (Wildman–Crippen MR) is 110 cm³/mol. The Morgan fingerprint density at radius 2 is 1.52 bits per heavy atom. The zero-order chi connectivity index (χ0) is 18.3. The maximum Gasteiger partial charge on any atom is 0.338 e. The number of unbranched alkanes of at least 4 members (excludes halogenated alkanes) is 10. The SMILES string of the molecule is CCCCCCCCCCCCCC(C)OC(=O)c1cccc(Br)c1. The van der Waals surface area contributed by atoms with Crippen LogP contribution in [0.3, 0.4) is 0 Å². The number of benzene rings is 1. The van der Waals surface area contributed by atoms with Crippen molar-refractivity contribution in [2.24, 2.45) is 0 Å². The van der Waals surface area contributed by atoms with Crippen LogP contribution >= 0.6 is 15.9 Å².